The molecule has 0 saturated heterocycles. The SMILES string of the molecule is CN(Cc1nccn1C)c1ccc(CNC2CC2)cc1. The zero-order valence-electron chi connectivity index (χ0n) is 12.2. The van der Waals surface area contributed by atoms with Gasteiger partial charge in [-0.15, -0.1) is 0 Å². The molecule has 4 nitrogen and oxygen atoms in total. The summed E-state index contributed by atoms with van der Waals surface area (Å²) in [5.41, 5.74) is 2.58. The minimum absolute atomic E-state index is 0.765. The molecule has 20 heavy (non-hydrogen) atoms. The molecule has 0 bridgehead atoms. The van der Waals surface area contributed by atoms with E-state index in [-0.39, 0.29) is 0 Å². The summed E-state index contributed by atoms with van der Waals surface area (Å²) in [7, 11) is 4.13. The van der Waals surface area contributed by atoms with Crippen LogP contribution in [0.4, 0.5) is 5.69 Å². The number of hydrogen-bond acceptors (Lipinski definition) is 3. The molecule has 0 unspecified atom stereocenters. The van der Waals surface area contributed by atoms with Gasteiger partial charge >= 0.3 is 0 Å². The van der Waals surface area contributed by atoms with Crippen molar-refractivity contribution < 1.29 is 0 Å². The van der Waals surface area contributed by atoms with Crippen molar-refractivity contribution in [2.24, 2.45) is 7.05 Å². The van der Waals surface area contributed by atoms with E-state index in [1.807, 2.05) is 19.4 Å². The van der Waals surface area contributed by atoms with Crippen LogP contribution in [0, 0.1) is 0 Å². The Labute approximate surface area is 120 Å². The molecule has 1 aliphatic carbocycles. The number of nitrogens with one attached hydrogen (secondary N) is 1. The average molecular weight is 270 g/mol. The van der Waals surface area contributed by atoms with Crippen LogP contribution in [0.5, 0.6) is 0 Å². The highest BCUT2D eigenvalue weighted by Gasteiger charge is 2.19. The highest BCUT2D eigenvalue weighted by molar-refractivity contribution is 5.46. The molecule has 4 heteroatoms. The van der Waals surface area contributed by atoms with Gasteiger partial charge in [-0.05, 0) is 30.5 Å². The number of rotatable bonds is 6. The highest BCUT2D eigenvalue weighted by Crippen LogP contribution is 2.20. The Bertz CT molecular complexity index is 554. The van der Waals surface area contributed by atoms with Crippen LogP contribution in [0.2, 0.25) is 0 Å². The van der Waals surface area contributed by atoms with Gasteiger partial charge < -0.3 is 14.8 Å². The summed E-state index contributed by atoms with van der Waals surface area (Å²) in [5, 5.41) is 3.54. The van der Waals surface area contributed by atoms with Crippen LogP contribution >= 0.6 is 0 Å². The lowest BCUT2D eigenvalue weighted by atomic mass is 10.2. The Hall–Kier alpha value is -1.81. The van der Waals surface area contributed by atoms with Crippen LogP contribution in [-0.2, 0) is 20.1 Å². The maximum absolute atomic E-state index is 4.37. The topological polar surface area (TPSA) is 33.1 Å². The first-order chi connectivity index (χ1) is 9.72. The van der Waals surface area contributed by atoms with E-state index in [2.05, 4.69) is 51.1 Å². The van der Waals surface area contributed by atoms with Crippen LogP contribution in [0.3, 0.4) is 0 Å². The monoisotopic (exact) mass is 270 g/mol. The second-order valence-electron chi connectivity index (χ2n) is 5.63. The highest BCUT2D eigenvalue weighted by atomic mass is 15.2. The molecule has 1 aromatic carbocycles. The zero-order valence-corrected chi connectivity index (χ0v) is 12.2. The Morgan fingerprint density at radius 2 is 2.05 bits per heavy atom. The van der Waals surface area contributed by atoms with E-state index in [4.69, 9.17) is 0 Å². The first kappa shape index (κ1) is 13.2. The van der Waals surface area contributed by atoms with Crippen LogP contribution in [0.1, 0.15) is 24.2 Å². The molecule has 0 radical (unpaired) electrons. The third-order valence-electron chi connectivity index (χ3n) is 3.85. The van der Waals surface area contributed by atoms with Crippen molar-refractivity contribution >= 4 is 5.69 Å². The number of benzene rings is 1. The molecule has 1 aromatic heterocycles. The van der Waals surface area contributed by atoms with Crippen LogP contribution < -0.4 is 10.2 Å². The maximum atomic E-state index is 4.37. The van der Waals surface area contributed by atoms with E-state index in [9.17, 15) is 0 Å². The van der Waals surface area contributed by atoms with Gasteiger partial charge in [-0.2, -0.15) is 0 Å². The fourth-order valence-corrected chi connectivity index (χ4v) is 2.27. The molecule has 2 aromatic rings. The van der Waals surface area contributed by atoms with Crippen molar-refractivity contribution in [3.05, 3.63) is 48.0 Å². The van der Waals surface area contributed by atoms with E-state index >= 15 is 0 Å². The molecule has 3 rings (SSSR count). The van der Waals surface area contributed by atoms with Gasteiger partial charge in [0.1, 0.15) is 5.82 Å². The summed E-state index contributed by atoms with van der Waals surface area (Å²) in [5.74, 6) is 1.08. The first-order valence-electron chi connectivity index (χ1n) is 7.22. The third-order valence-corrected chi connectivity index (χ3v) is 3.85. The summed E-state index contributed by atoms with van der Waals surface area (Å²) in [6.45, 7) is 1.80. The van der Waals surface area contributed by atoms with E-state index in [0.717, 1.165) is 25.0 Å². The van der Waals surface area contributed by atoms with Gasteiger partial charge in [0.2, 0.25) is 0 Å². The lowest BCUT2D eigenvalue weighted by molar-refractivity contribution is 0.687. The van der Waals surface area contributed by atoms with E-state index < -0.39 is 0 Å². The average Bonchev–Trinajstić information content (AvgIpc) is 3.21. The lowest BCUT2D eigenvalue weighted by Crippen LogP contribution is -2.19. The minimum Gasteiger partial charge on any atom is -0.367 e. The van der Waals surface area contributed by atoms with Crippen molar-refractivity contribution in [1.29, 1.82) is 0 Å². The molecule has 0 spiro atoms. The molecule has 0 amide bonds. The molecule has 1 heterocycles. The minimum atomic E-state index is 0.765. The Morgan fingerprint density at radius 1 is 1.30 bits per heavy atom. The fraction of sp³-hybridized carbons (Fsp3) is 0.438. The summed E-state index contributed by atoms with van der Waals surface area (Å²) < 4.78 is 2.06. The smallest absolute Gasteiger partial charge is 0.127 e. The molecule has 0 atom stereocenters. The predicted octanol–water partition coefficient (Wildman–Crippen LogP) is 2.31. The molecule has 1 saturated carbocycles. The summed E-state index contributed by atoms with van der Waals surface area (Å²) in [4.78, 5) is 6.59. The molecule has 1 fully saturated rings. The lowest BCUT2D eigenvalue weighted by Gasteiger charge is -2.19. The quantitative estimate of drug-likeness (QED) is 0.874. The van der Waals surface area contributed by atoms with Crippen molar-refractivity contribution in [1.82, 2.24) is 14.9 Å². The van der Waals surface area contributed by atoms with Crippen LogP contribution in [-0.4, -0.2) is 22.6 Å². The van der Waals surface area contributed by atoms with Gasteiger partial charge in [0, 0.05) is 44.8 Å². The normalized spacial score (nSPS) is 14.5. The van der Waals surface area contributed by atoms with E-state index in [0.29, 0.717) is 0 Å². The molecule has 1 aliphatic rings. The number of imidazole rings is 1. The van der Waals surface area contributed by atoms with Crippen LogP contribution in [0.15, 0.2) is 36.7 Å². The van der Waals surface area contributed by atoms with Crippen molar-refractivity contribution in [3.63, 3.8) is 0 Å². The largest absolute Gasteiger partial charge is 0.367 e. The number of nitrogens with zero attached hydrogens (tertiary/aromatic N) is 3. The Kier molecular flexibility index (Phi) is 3.74. The number of anilines is 1. The van der Waals surface area contributed by atoms with Crippen molar-refractivity contribution in [2.45, 2.75) is 32.0 Å². The molecule has 1 N–H and O–H groups in total. The Morgan fingerprint density at radius 3 is 2.65 bits per heavy atom. The first-order valence-corrected chi connectivity index (χ1v) is 7.22. The van der Waals surface area contributed by atoms with Gasteiger partial charge in [0.05, 0.1) is 6.54 Å². The summed E-state index contributed by atoms with van der Waals surface area (Å²) >= 11 is 0. The van der Waals surface area contributed by atoms with Crippen molar-refractivity contribution in [2.75, 3.05) is 11.9 Å². The Balaban J connectivity index is 1.59. The summed E-state index contributed by atoms with van der Waals surface area (Å²) in [6, 6.07) is 9.56. The molecular weight excluding hydrogens is 248 g/mol. The van der Waals surface area contributed by atoms with Gasteiger partial charge in [-0.1, -0.05) is 12.1 Å². The molecule has 106 valence electrons. The second kappa shape index (κ2) is 5.67. The second-order valence-corrected chi connectivity index (χ2v) is 5.63. The fourth-order valence-electron chi connectivity index (χ4n) is 2.27. The van der Waals surface area contributed by atoms with Gasteiger partial charge in [0.15, 0.2) is 0 Å². The number of aryl methyl sites for hydroxylation is 1. The standard InChI is InChI=1S/C16H22N4/c1-19-10-9-17-16(19)12-20(2)15-7-3-13(4-8-15)11-18-14-5-6-14/h3-4,7-10,14,18H,5-6,11-12H2,1-2H3. The van der Waals surface area contributed by atoms with E-state index in [1.54, 1.807) is 0 Å². The zero-order chi connectivity index (χ0) is 13.9. The molecule has 0 aliphatic heterocycles. The van der Waals surface area contributed by atoms with Gasteiger partial charge in [-0.25, -0.2) is 4.98 Å². The van der Waals surface area contributed by atoms with Crippen molar-refractivity contribution in [3.8, 4) is 0 Å². The summed E-state index contributed by atoms with van der Waals surface area (Å²) in [6.07, 6.45) is 6.50. The van der Waals surface area contributed by atoms with Gasteiger partial charge in [-0.3, -0.25) is 0 Å². The number of aromatic nitrogens is 2. The van der Waals surface area contributed by atoms with Crippen LogP contribution in [0.25, 0.3) is 0 Å². The maximum Gasteiger partial charge on any atom is 0.127 e. The third kappa shape index (κ3) is 3.20. The number of hydrogen-bond donors (Lipinski definition) is 1. The molecular formula is C16H22N4. The van der Waals surface area contributed by atoms with Gasteiger partial charge in [0.25, 0.3) is 0 Å². The van der Waals surface area contributed by atoms with E-state index in [1.165, 1.54) is 24.1 Å². The predicted molar refractivity (Wildman–Crippen MR) is 81.6 cm³/mol.